The van der Waals surface area contributed by atoms with Crippen LogP contribution in [0.15, 0.2) is 0 Å². The Morgan fingerprint density at radius 1 is 1.40 bits per heavy atom. The van der Waals surface area contributed by atoms with Crippen molar-refractivity contribution in [1.29, 1.82) is 0 Å². The van der Waals surface area contributed by atoms with Gasteiger partial charge in [-0.1, -0.05) is 0 Å². The van der Waals surface area contributed by atoms with Crippen LogP contribution in [-0.4, -0.2) is 48.0 Å². The Labute approximate surface area is 85.3 Å². The number of carbonyl (C=O) groups is 1. The number of carbonyl (C=O) groups excluding carboxylic acids is 1. The fourth-order valence-corrected chi connectivity index (χ4v) is 1.64. The first-order chi connectivity index (χ1) is 6.73. The van der Waals surface area contributed by atoms with Gasteiger partial charge in [-0.05, 0) is 32.4 Å². The van der Waals surface area contributed by atoms with E-state index in [0.29, 0.717) is 0 Å². The molecule has 0 aromatic carbocycles. The standard InChI is InChI=1S/C7H13BF3N2O2/c9-8(10,11)5-13-3-1-7(15,2-4-13)6(12)14/h15H,1-5H2,(H2,12,14)/q-1. The van der Waals surface area contributed by atoms with Gasteiger partial charge in [0.05, 0.1) is 0 Å². The number of rotatable bonds is 3. The van der Waals surface area contributed by atoms with E-state index in [4.69, 9.17) is 5.73 Å². The maximum absolute atomic E-state index is 12.1. The number of primary amides is 1. The summed E-state index contributed by atoms with van der Waals surface area (Å²) >= 11 is 0. The third kappa shape index (κ3) is 3.38. The van der Waals surface area contributed by atoms with Crippen molar-refractivity contribution < 1.29 is 22.8 Å². The summed E-state index contributed by atoms with van der Waals surface area (Å²) in [6, 6.07) is 0. The quantitative estimate of drug-likeness (QED) is 0.647. The van der Waals surface area contributed by atoms with Crippen LogP contribution in [0.25, 0.3) is 0 Å². The van der Waals surface area contributed by atoms with Crippen LogP contribution in [0.1, 0.15) is 12.8 Å². The molecule has 1 saturated heterocycles. The highest BCUT2D eigenvalue weighted by Crippen LogP contribution is 2.23. The Balaban J connectivity index is 2.46. The lowest BCUT2D eigenvalue weighted by atomic mass is 9.86. The van der Waals surface area contributed by atoms with Gasteiger partial charge < -0.3 is 28.7 Å². The Kier molecular flexibility index (Phi) is 3.29. The maximum atomic E-state index is 12.1. The lowest BCUT2D eigenvalue weighted by Crippen LogP contribution is -2.54. The molecule has 0 spiro atoms. The van der Waals surface area contributed by atoms with Crippen LogP contribution in [0, 0.1) is 0 Å². The third-order valence-corrected chi connectivity index (χ3v) is 2.61. The van der Waals surface area contributed by atoms with Gasteiger partial charge in [0.2, 0.25) is 5.91 Å². The number of nitrogens with zero attached hydrogens (tertiary/aromatic N) is 1. The monoisotopic (exact) mass is 225 g/mol. The van der Waals surface area contributed by atoms with Crippen molar-refractivity contribution in [3.05, 3.63) is 0 Å². The van der Waals surface area contributed by atoms with E-state index in [1.165, 1.54) is 4.90 Å². The highest BCUT2D eigenvalue weighted by molar-refractivity contribution is 6.58. The Morgan fingerprint density at radius 3 is 2.20 bits per heavy atom. The summed E-state index contributed by atoms with van der Waals surface area (Å²) in [5.74, 6) is -0.861. The molecule has 0 radical (unpaired) electrons. The zero-order chi connectivity index (χ0) is 11.7. The molecule has 3 N–H and O–H groups in total. The summed E-state index contributed by atoms with van der Waals surface area (Å²) in [7, 11) is 0. The molecule has 1 rings (SSSR count). The summed E-state index contributed by atoms with van der Waals surface area (Å²) < 4.78 is 36.2. The second-order valence-electron chi connectivity index (χ2n) is 3.91. The van der Waals surface area contributed by atoms with Crippen LogP contribution in [0.3, 0.4) is 0 Å². The molecule has 0 aromatic rings. The molecule has 0 unspecified atom stereocenters. The van der Waals surface area contributed by atoms with Crippen LogP contribution >= 0.6 is 0 Å². The van der Waals surface area contributed by atoms with E-state index in [-0.39, 0.29) is 25.9 Å². The molecule has 88 valence electrons. The van der Waals surface area contributed by atoms with Gasteiger partial charge in [-0.15, -0.1) is 0 Å². The lowest BCUT2D eigenvalue weighted by molar-refractivity contribution is -0.140. The van der Waals surface area contributed by atoms with E-state index >= 15 is 0 Å². The van der Waals surface area contributed by atoms with E-state index in [9.17, 15) is 22.8 Å². The van der Waals surface area contributed by atoms with Crippen molar-refractivity contribution in [3.63, 3.8) is 0 Å². The fourth-order valence-electron chi connectivity index (χ4n) is 1.64. The average Bonchev–Trinajstić information content (AvgIpc) is 2.07. The number of likely N-dealkylation sites (tertiary alicyclic amines) is 1. The van der Waals surface area contributed by atoms with Crippen molar-refractivity contribution in [1.82, 2.24) is 4.90 Å². The van der Waals surface area contributed by atoms with Gasteiger partial charge in [0.15, 0.2) is 0 Å². The molecule has 0 bridgehead atoms. The fraction of sp³-hybridized carbons (Fsp3) is 0.857. The van der Waals surface area contributed by atoms with Crippen molar-refractivity contribution in [2.45, 2.75) is 18.4 Å². The first-order valence-electron chi connectivity index (χ1n) is 4.69. The average molecular weight is 225 g/mol. The van der Waals surface area contributed by atoms with Gasteiger partial charge in [0, 0.05) is 0 Å². The Hall–Kier alpha value is -0.755. The largest absolute Gasteiger partial charge is 0.492 e. The smallest absolute Gasteiger partial charge is 0.448 e. The molecule has 1 aliphatic rings. The molecular weight excluding hydrogens is 212 g/mol. The van der Waals surface area contributed by atoms with Crippen molar-refractivity contribution in [2.75, 3.05) is 19.5 Å². The SMILES string of the molecule is NC(=O)C1(O)CCN(C[B-](F)(F)F)CC1. The lowest BCUT2D eigenvalue weighted by Gasteiger charge is -2.38. The van der Waals surface area contributed by atoms with E-state index in [1.54, 1.807) is 0 Å². The summed E-state index contributed by atoms with van der Waals surface area (Å²) in [4.78, 5) is 12.0. The molecule has 1 fully saturated rings. The topological polar surface area (TPSA) is 66.6 Å². The normalized spacial score (nSPS) is 22.7. The number of hydrogen-bond acceptors (Lipinski definition) is 3. The summed E-state index contributed by atoms with van der Waals surface area (Å²) in [5, 5.41) is 9.59. The van der Waals surface area contributed by atoms with Gasteiger partial charge >= 0.3 is 6.98 Å². The van der Waals surface area contributed by atoms with Crippen molar-refractivity contribution in [2.24, 2.45) is 5.73 Å². The maximum Gasteiger partial charge on any atom is 0.492 e. The number of halogens is 3. The van der Waals surface area contributed by atoms with E-state index in [0.717, 1.165) is 0 Å². The number of aliphatic hydroxyl groups is 1. The second kappa shape index (κ2) is 4.01. The first kappa shape index (κ1) is 12.3. The minimum absolute atomic E-state index is 0.0332. The van der Waals surface area contributed by atoms with Gasteiger partial charge in [-0.2, -0.15) is 0 Å². The molecule has 1 aliphatic heterocycles. The molecule has 1 amide bonds. The minimum Gasteiger partial charge on any atom is -0.448 e. The predicted octanol–water partition coefficient (Wildman–Crippen LogP) is -0.315. The van der Waals surface area contributed by atoms with Gasteiger partial charge in [-0.25, -0.2) is 0 Å². The summed E-state index contributed by atoms with van der Waals surface area (Å²) in [5.41, 5.74) is 3.32. The van der Waals surface area contributed by atoms with Crippen molar-refractivity contribution >= 4 is 12.9 Å². The molecule has 0 saturated carbocycles. The van der Waals surface area contributed by atoms with Crippen LogP contribution in [0.5, 0.6) is 0 Å². The van der Waals surface area contributed by atoms with E-state index < -0.39 is 24.9 Å². The molecule has 0 aliphatic carbocycles. The molecule has 0 atom stereocenters. The van der Waals surface area contributed by atoms with Crippen LogP contribution in [0.4, 0.5) is 12.9 Å². The summed E-state index contributed by atoms with van der Waals surface area (Å²) in [6.45, 7) is -4.77. The first-order valence-corrected chi connectivity index (χ1v) is 4.69. The number of piperidine rings is 1. The molecule has 4 nitrogen and oxygen atoms in total. The zero-order valence-electron chi connectivity index (χ0n) is 8.13. The van der Waals surface area contributed by atoms with Crippen molar-refractivity contribution in [3.8, 4) is 0 Å². The third-order valence-electron chi connectivity index (χ3n) is 2.61. The van der Waals surface area contributed by atoms with Crippen LogP contribution in [0.2, 0.25) is 0 Å². The molecule has 8 heteroatoms. The Bertz CT molecular complexity index is 251. The number of nitrogens with two attached hydrogens (primary N) is 1. The molecule has 15 heavy (non-hydrogen) atoms. The predicted molar refractivity (Wildman–Crippen MR) is 48.9 cm³/mol. The summed E-state index contributed by atoms with van der Waals surface area (Å²) in [6.07, 6.45) is -1.02. The molecular formula is C7H13BF3N2O2-. The highest BCUT2D eigenvalue weighted by Gasteiger charge is 2.39. The van der Waals surface area contributed by atoms with E-state index in [2.05, 4.69) is 0 Å². The van der Waals surface area contributed by atoms with Crippen LogP contribution < -0.4 is 5.73 Å². The zero-order valence-corrected chi connectivity index (χ0v) is 8.13. The van der Waals surface area contributed by atoms with E-state index in [1.807, 2.05) is 0 Å². The minimum atomic E-state index is -4.85. The molecule has 1 heterocycles. The van der Waals surface area contributed by atoms with Crippen LogP contribution in [-0.2, 0) is 4.79 Å². The van der Waals surface area contributed by atoms with Gasteiger partial charge in [0.25, 0.3) is 0 Å². The number of amides is 1. The van der Waals surface area contributed by atoms with Gasteiger partial charge in [-0.3, -0.25) is 4.79 Å². The highest BCUT2D eigenvalue weighted by atomic mass is 19.4. The molecule has 0 aromatic heterocycles. The Morgan fingerprint density at radius 2 is 1.87 bits per heavy atom. The van der Waals surface area contributed by atoms with Gasteiger partial charge in [0.1, 0.15) is 5.60 Å². The number of hydrogen-bond donors (Lipinski definition) is 2. The second-order valence-corrected chi connectivity index (χ2v) is 3.91.